The van der Waals surface area contributed by atoms with Crippen molar-refractivity contribution in [3.05, 3.63) is 90.6 Å². The van der Waals surface area contributed by atoms with E-state index in [-0.39, 0.29) is 147 Å². The molecular weight excluding hydrogens is 1040 g/mol. The quantitative estimate of drug-likeness (QED) is 0.00782. The molecule has 0 bridgehead atoms. The van der Waals surface area contributed by atoms with Gasteiger partial charge in [-0.3, -0.25) is 0 Å². The normalized spacial score (nSPS) is 9.51. The molecule has 4 aromatic rings. The SMILES string of the molecule is C.C=C(C)C(=O)OCCOCC=O.C=C(C)C(=O)OCCOCCCc1c[c-]c2ccc3[c-]cc(S(=O)(=O)[O-])c4ccc1c2c34.C=C(C)C(=O)OCCOCCO.CPC.O=S(=O)=O.O=S(=O)=O.[Na+].[Na+].[Na+]. The Morgan fingerprint density at radius 1 is 0.662 bits per heavy atom. The maximum atomic E-state index is 11.7. The number of esters is 3. The van der Waals surface area contributed by atoms with Gasteiger partial charge in [0, 0.05) is 23.3 Å². The third-order valence-electron chi connectivity index (χ3n) is 7.39. The van der Waals surface area contributed by atoms with Crippen LogP contribution in [0.15, 0.2) is 77.7 Å². The van der Waals surface area contributed by atoms with Crippen LogP contribution in [0.4, 0.5) is 0 Å². The van der Waals surface area contributed by atoms with Crippen LogP contribution in [0.3, 0.4) is 0 Å². The Morgan fingerprint density at radius 3 is 1.41 bits per heavy atom. The summed E-state index contributed by atoms with van der Waals surface area (Å²) in [7, 11) is -9.76. The fourth-order valence-corrected chi connectivity index (χ4v) is 5.44. The van der Waals surface area contributed by atoms with E-state index in [1.165, 1.54) is 6.07 Å². The number of carbonyl (C=O) groups is 4. The summed E-state index contributed by atoms with van der Waals surface area (Å²) < 4.78 is 115. The molecule has 0 aliphatic rings. The topological polar surface area (TPSA) is 304 Å². The summed E-state index contributed by atoms with van der Waals surface area (Å²) >= 11 is 0. The zero-order valence-electron chi connectivity index (χ0n) is 40.6. The summed E-state index contributed by atoms with van der Waals surface area (Å²) in [6.07, 6.45) is 2.12. The number of aliphatic hydroxyl groups excluding tert-OH is 1. The van der Waals surface area contributed by atoms with Crippen LogP contribution in [0, 0.1) is 12.1 Å². The molecule has 0 unspecified atom stereocenters. The second-order valence-corrected chi connectivity index (χ2v) is 16.1. The summed E-state index contributed by atoms with van der Waals surface area (Å²) in [5.41, 5.74) is 2.13. The van der Waals surface area contributed by atoms with Crippen LogP contribution in [0.2, 0.25) is 0 Å². The van der Waals surface area contributed by atoms with Crippen molar-refractivity contribution in [3.8, 4) is 0 Å². The molecule has 0 aliphatic heterocycles. The summed E-state index contributed by atoms with van der Waals surface area (Å²) in [5, 5.41) is 12.9. The summed E-state index contributed by atoms with van der Waals surface area (Å²) in [4.78, 5) is 42.3. The van der Waals surface area contributed by atoms with Gasteiger partial charge in [0.2, 0.25) is 0 Å². The van der Waals surface area contributed by atoms with Gasteiger partial charge in [0.25, 0.3) is 0 Å². The molecule has 0 saturated carbocycles. The van der Waals surface area contributed by atoms with Crippen molar-refractivity contribution in [1.29, 1.82) is 0 Å². The van der Waals surface area contributed by atoms with E-state index in [1.54, 1.807) is 26.8 Å². The Hall–Kier alpha value is -2.36. The average Bonchev–Trinajstić information content (AvgIpc) is 3.25. The third kappa shape index (κ3) is 37.9. The van der Waals surface area contributed by atoms with Gasteiger partial charge in [0.05, 0.1) is 43.2 Å². The molecule has 0 amide bonds. The largest absolute Gasteiger partial charge is 1.00 e. The molecular formula is C44H58Na3O20PS3. The number of rotatable bonds is 21. The number of aliphatic hydroxyl groups is 1. The number of hydrogen-bond donors (Lipinski definition) is 1. The van der Waals surface area contributed by atoms with E-state index in [2.05, 4.69) is 49.9 Å². The minimum Gasteiger partial charge on any atom is -0.752 e. The molecule has 4 aromatic carbocycles. The Labute approximate surface area is 486 Å². The standard InChI is InChI=1S/C25H22O6S.C8H14O4.C8H12O4.C2H7P.CH4.3Na.2O3S/c1-16(2)25(26)31-15-14-30-13-3-4-17-5-6-18-7-8-19-9-12-22(32(27,28)29)21-11-10-20(17)23(18)24(19)21;2*1-7(2)8(10)12-6-5-11-4-3-9;1-3-2;;;;;2*1-4(2)3/h5,7-8,10-12H,1,3-4,13-15H2,2H3,(H,27,28,29);9H,1,3-6H2,2H3;3H,1,4-6H2,2H3;3H,1-2H3;1H4;;;;;/q-2;;;;;3*+1;;/p-1. The van der Waals surface area contributed by atoms with Gasteiger partial charge in [-0.1, -0.05) is 51.1 Å². The summed E-state index contributed by atoms with van der Waals surface area (Å²) in [6.45, 7) is 21.5. The second kappa shape index (κ2) is 47.4. The van der Waals surface area contributed by atoms with E-state index in [1.807, 2.05) is 24.3 Å². The van der Waals surface area contributed by atoms with Crippen molar-refractivity contribution in [1.82, 2.24) is 0 Å². The first-order chi connectivity index (χ1) is 31.5. The molecule has 27 heteroatoms. The summed E-state index contributed by atoms with van der Waals surface area (Å²) in [6, 6.07) is 16.7. The minimum absolute atomic E-state index is 0. The number of carbonyl (C=O) groups excluding carboxylic acids is 4. The van der Waals surface area contributed by atoms with Crippen LogP contribution in [-0.4, -0.2) is 147 Å². The van der Waals surface area contributed by atoms with Gasteiger partial charge in [0.1, 0.15) is 32.7 Å². The molecule has 71 heavy (non-hydrogen) atoms. The molecule has 0 aromatic heterocycles. The Bertz CT molecular complexity index is 2540. The number of benzene rings is 4. The van der Waals surface area contributed by atoms with Crippen molar-refractivity contribution in [2.45, 2.75) is 45.9 Å². The monoisotopic (exact) mass is 1100 g/mol. The number of aldehydes is 1. The first-order valence-electron chi connectivity index (χ1n) is 19.4. The van der Waals surface area contributed by atoms with Gasteiger partial charge < -0.3 is 42.9 Å². The number of aryl methyl sites for hydroxylation is 1. The Morgan fingerprint density at radius 2 is 1.03 bits per heavy atom. The Balaban J connectivity index is -0.000000226. The van der Waals surface area contributed by atoms with Crippen LogP contribution in [-0.2, 0) is 85.4 Å². The maximum Gasteiger partial charge on any atom is 1.00 e. The molecule has 0 radical (unpaired) electrons. The summed E-state index contributed by atoms with van der Waals surface area (Å²) in [5.74, 6) is -1.28. The van der Waals surface area contributed by atoms with Gasteiger partial charge in [-0.15, -0.1) is 79.8 Å². The van der Waals surface area contributed by atoms with Crippen LogP contribution in [0.25, 0.3) is 32.3 Å². The molecule has 0 saturated heterocycles. The average molecular weight is 1100 g/mol. The third-order valence-corrected chi connectivity index (χ3v) is 8.26. The van der Waals surface area contributed by atoms with Gasteiger partial charge in [-0.05, 0) is 45.4 Å². The fraction of sp³-hybridized carbons (Fsp3) is 0.409. The zero-order chi connectivity index (χ0) is 51.5. The van der Waals surface area contributed by atoms with E-state index in [0.29, 0.717) is 53.6 Å². The van der Waals surface area contributed by atoms with Crippen molar-refractivity contribution >= 4 is 96.4 Å². The van der Waals surface area contributed by atoms with Crippen LogP contribution < -0.4 is 88.7 Å². The van der Waals surface area contributed by atoms with E-state index >= 15 is 0 Å². The van der Waals surface area contributed by atoms with E-state index < -0.39 is 49.2 Å². The molecule has 4 rings (SSSR count). The molecule has 0 atom stereocenters. The smallest absolute Gasteiger partial charge is 0.752 e. The van der Waals surface area contributed by atoms with E-state index in [0.717, 1.165) is 48.5 Å². The fourth-order valence-electron chi connectivity index (χ4n) is 4.80. The molecule has 20 nitrogen and oxygen atoms in total. The van der Waals surface area contributed by atoms with E-state index in [9.17, 15) is 32.1 Å². The van der Waals surface area contributed by atoms with Crippen LogP contribution >= 0.6 is 8.58 Å². The van der Waals surface area contributed by atoms with Gasteiger partial charge in [-0.25, -0.2) is 22.8 Å². The van der Waals surface area contributed by atoms with Crippen molar-refractivity contribution in [2.24, 2.45) is 0 Å². The zero-order valence-corrected chi connectivity index (χ0v) is 50.0. The maximum absolute atomic E-state index is 11.7. The van der Waals surface area contributed by atoms with Crippen molar-refractivity contribution in [2.75, 3.05) is 79.4 Å². The molecule has 380 valence electrons. The number of hydrogen-bond acceptors (Lipinski definition) is 20. The van der Waals surface area contributed by atoms with Gasteiger partial charge >= 0.3 is 128 Å². The number of ether oxygens (including phenoxy) is 6. The predicted molar refractivity (Wildman–Crippen MR) is 253 cm³/mol. The molecule has 0 aliphatic carbocycles. The first-order valence-corrected chi connectivity index (χ1v) is 24.8. The van der Waals surface area contributed by atoms with E-state index in [4.69, 9.17) is 54.0 Å². The minimum atomic E-state index is -4.62. The molecule has 0 heterocycles. The molecule has 1 N–H and O–H groups in total. The van der Waals surface area contributed by atoms with Crippen LogP contribution in [0.1, 0.15) is 40.2 Å². The molecule has 0 spiro atoms. The van der Waals surface area contributed by atoms with Gasteiger partial charge in [0.15, 0.2) is 0 Å². The first kappa shape index (κ1) is 80.0. The van der Waals surface area contributed by atoms with Crippen molar-refractivity contribution in [3.63, 3.8) is 0 Å². The molecule has 0 fully saturated rings. The predicted octanol–water partition coefficient (Wildman–Crippen LogP) is -4.84. The second-order valence-electron chi connectivity index (χ2n) is 12.9. The van der Waals surface area contributed by atoms with Crippen LogP contribution in [0.5, 0.6) is 0 Å². The van der Waals surface area contributed by atoms with Crippen molar-refractivity contribution < 1.29 is 180 Å². The Kier molecular flexibility index (Phi) is 53.4. The van der Waals surface area contributed by atoms with Gasteiger partial charge in [-0.2, -0.15) is 22.9 Å².